The zero-order valence-corrected chi connectivity index (χ0v) is 14.9. The highest BCUT2D eigenvalue weighted by molar-refractivity contribution is 7.99. The summed E-state index contributed by atoms with van der Waals surface area (Å²) in [5.74, 6) is -0.492. The molecule has 26 heavy (non-hydrogen) atoms. The number of hydrogen-bond acceptors (Lipinski definition) is 7. The number of rotatable bonds is 5. The van der Waals surface area contributed by atoms with Gasteiger partial charge in [0.2, 0.25) is 5.16 Å². The molecule has 0 bridgehead atoms. The van der Waals surface area contributed by atoms with Crippen molar-refractivity contribution in [1.82, 2.24) is 20.2 Å². The zero-order valence-electron chi connectivity index (χ0n) is 13.3. The monoisotopic (exact) mass is 390 g/mol. The molecule has 132 valence electrons. The first-order valence-electron chi connectivity index (χ1n) is 7.19. The molecule has 0 spiro atoms. The van der Waals surface area contributed by atoms with Crippen molar-refractivity contribution in [3.8, 4) is 0 Å². The van der Waals surface area contributed by atoms with E-state index in [1.54, 1.807) is 31.3 Å². The number of aryl methyl sites for hydroxylation is 1. The molecule has 3 aromatic rings. The molecule has 1 heterocycles. The maximum Gasteiger partial charge on any atom is 0.270 e. The van der Waals surface area contributed by atoms with Crippen LogP contribution < -0.4 is 5.32 Å². The molecular weight excluding hydrogens is 380 g/mol. The first-order valence-corrected chi connectivity index (χ1v) is 8.39. The average Bonchev–Trinajstić information content (AvgIpc) is 3.02. The molecule has 0 saturated carbocycles. The summed E-state index contributed by atoms with van der Waals surface area (Å²) in [6, 6.07) is 10.6. The van der Waals surface area contributed by atoms with E-state index in [4.69, 9.17) is 11.6 Å². The predicted molar refractivity (Wildman–Crippen MR) is 95.4 cm³/mol. The van der Waals surface area contributed by atoms with Crippen LogP contribution in [0.25, 0.3) is 0 Å². The third kappa shape index (κ3) is 3.98. The Morgan fingerprint density at radius 1 is 1.27 bits per heavy atom. The third-order valence-corrected chi connectivity index (χ3v) is 4.66. The second-order valence-electron chi connectivity index (χ2n) is 5.09. The van der Waals surface area contributed by atoms with E-state index in [2.05, 4.69) is 20.8 Å². The Kier molecular flexibility index (Phi) is 5.14. The second-order valence-corrected chi connectivity index (χ2v) is 6.53. The van der Waals surface area contributed by atoms with Crippen molar-refractivity contribution in [2.24, 2.45) is 7.05 Å². The highest BCUT2D eigenvalue weighted by Gasteiger charge is 2.19. The van der Waals surface area contributed by atoms with E-state index < -0.39 is 10.8 Å². The molecule has 11 heteroatoms. The number of carbonyl (C=O) groups excluding carboxylic acids is 1. The van der Waals surface area contributed by atoms with E-state index in [-0.39, 0.29) is 11.3 Å². The summed E-state index contributed by atoms with van der Waals surface area (Å²) in [5.41, 5.74) is 0.469. The Hall–Kier alpha value is -2.98. The number of nitro benzene ring substituents is 1. The van der Waals surface area contributed by atoms with Gasteiger partial charge in [0.15, 0.2) is 0 Å². The van der Waals surface area contributed by atoms with Gasteiger partial charge in [-0.3, -0.25) is 14.9 Å². The zero-order chi connectivity index (χ0) is 18.7. The van der Waals surface area contributed by atoms with Gasteiger partial charge in [0.25, 0.3) is 11.6 Å². The average molecular weight is 391 g/mol. The quantitative estimate of drug-likeness (QED) is 0.525. The minimum atomic E-state index is -0.558. The second kappa shape index (κ2) is 7.50. The third-order valence-electron chi connectivity index (χ3n) is 3.30. The van der Waals surface area contributed by atoms with Gasteiger partial charge in [-0.05, 0) is 52.5 Å². The summed E-state index contributed by atoms with van der Waals surface area (Å²) in [5, 5.41) is 25.8. The molecule has 3 rings (SSSR count). The van der Waals surface area contributed by atoms with Crippen molar-refractivity contribution in [3.63, 3.8) is 0 Å². The Labute approximate surface area is 156 Å². The highest BCUT2D eigenvalue weighted by atomic mass is 35.5. The predicted octanol–water partition coefficient (Wildman–Crippen LogP) is 3.18. The minimum Gasteiger partial charge on any atom is -0.322 e. The molecule has 9 nitrogen and oxygen atoms in total. The molecule has 0 fully saturated rings. The maximum absolute atomic E-state index is 12.7. The standard InChI is InChI=1S/C15H11ClN6O3S/c1-21-15(18-19-20-21)26-13-7-6-11(22(24)25)8-12(13)14(23)17-10-4-2-9(16)3-5-10/h2-8H,1H3,(H,17,23). The number of anilines is 1. The number of amides is 1. The Morgan fingerprint density at radius 3 is 2.62 bits per heavy atom. The van der Waals surface area contributed by atoms with Gasteiger partial charge < -0.3 is 5.32 Å². The van der Waals surface area contributed by atoms with Crippen molar-refractivity contribution in [2.45, 2.75) is 10.1 Å². The Balaban J connectivity index is 1.94. The molecule has 1 aromatic heterocycles. The number of nitrogens with one attached hydrogen (secondary N) is 1. The lowest BCUT2D eigenvalue weighted by Gasteiger charge is -2.09. The molecule has 1 N–H and O–H groups in total. The van der Waals surface area contributed by atoms with E-state index in [1.807, 2.05) is 0 Å². The van der Waals surface area contributed by atoms with Crippen molar-refractivity contribution in [3.05, 3.63) is 63.2 Å². The van der Waals surface area contributed by atoms with E-state index in [1.165, 1.54) is 22.9 Å². The van der Waals surface area contributed by atoms with Gasteiger partial charge in [0.1, 0.15) is 0 Å². The first-order chi connectivity index (χ1) is 12.4. The number of carbonyl (C=O) groups is 1. The number of non-ortho nitro benzene ring substituents is 1. The molecule has 0 aliphatic carbocycles. The smallest absolute Gasteiger partial charge is 0.270 e. The van der Waals surface area contributed by atoms with Crippen LogP contribution in [0.4, 0.5) is 11.4 Å². The van der Waals surface area contributed by atoms with Crippen molar-refractivity contribution < 1.29 is 9.72 Å². The fourth-order valence-corrected chi connectivity index (χ4v) is 3.00. The molecule has 1 amide bonds. The molecule has 0 radical (unpaired) electrons. The van der Waals surface area contributed by atoms with Crippen LogP contribution in [0.2, 0.25) is 5.02 Å². The summed E-state index contributed by atoms with van der Waals surface area (Å²) in [6.07, 6.45) is 0. The number of nitrogens with zero attached hydrogens (tertiary/aromatic N) is 5. The molecule has 0 aliphatic heterocycles. The van der Waals surface area contributed by atoms with Gasteiger partial charge in [-0.25, -0.2) is 4.68 Å². The van der Waals surface area contributed by atoms with Gasteiger partial charge in [-0.2, -0.15) is 0 Å². The van der Waals surface area contributed by atoms with E-state index in [9.17, 15) is 14.9 Å². The Morgan fingerprint density at radius 2 is 2.00 bits per heavy atom. The summed E-state index contributed by atoms with van der Waals surface area (Å²) in [4.78, 5) is 23.7. The number of nitro groups is 1. The SMILES string of the molecule is Cn1nnnc1Sc1ccc([N+](=O)[O-])cc1C(=O)Nc1ccc(Cl)cc1. The van der Waals surface area contributed by atoms with Crippen LogP contribution in [0.1, 0.15) is 10.4 Å². The summed E-state index contributed by atoms with van der Waals surface area (Å²) in [6.45, 7) is 0. The van der Waals surface area contributed by atoms with E-state index in [0.717, 1.165) is 11.8 Å². The van der Waals surface area contributed by atoms with Crippen LogP contribution >= 0.6 is 23.4 Å². The molecule has 0 saturated heterocycles. The summed E-state index contributed by atoms with van der Waals surface area (Å²) >= 11 is 6.96. The summed E-state index contributed by atoms with van der Waals surface area (Å²) in [7, 11) is 1.65. The fraction of sp³-hybridized carbons (Fsp3) is 0.0667. The lowest BCUT2D eigenvalue weighted by atomic mass is 10.2. The van der Waals surface area contributed by atoms with Crippen LogP contribution in [0, 0.1) is 10.1 Å². The van der Waals surface area contributed by atoms with Crippen LogP contribution in [0.5, 0.6) is 0 Å². The molecule has 2 aromatic carbocycles. The van der Waals surface area contributed by atoms with E-state index >= 15 is 0 Å². The fourth-order valence-electron chi connectivity index (χ4n) is 2.04. The summed E-state index contributed by atoms with van der Waals surface area (Å²) < 4.78 is 1.44. The van der Waals surface area contributed by atoms with Gasteiger partial charge in [0.05, 0.1) is 10.5 Å². The van der Waals surface area contributed by atoms with Crippen LogP contribution in [-0.2, 0) is 7.05 Å². The highest BCUT2D eigenvalue weighted by Crippen LogP contribution is 2.31. The Bertz CT molecular complexity index is 976. The molecular formula is C15H11ClN6O3S. The van der Waals surface area contributed by atoms with Gasteiger partial charge in [0, 0.05) is 34.8 Å². The lowest BCUT2D eigenvalue weighted by Crippen LogP contribution is -2.13. The van der Waals surface area contributed by atoms with Crippen LogP contribution in [0.15, 0.2) is 52.5 Å². The topological polar surface area (TPSA) is 116 Å². The first kappa shape index (κ1) is 17.8. The normalized spacial score (nSPS) is 10.5. The molecule has 0 unspecified atom stereocenters. The molecule has 0 atom stereocenters. The van der Waals surface area contributed by atoms with Crippen molar-refractivity contribution >= 4 is 40.6 Å². The number of halogens is 1. The van der Waals surface area contributed by atoms with Gasteiger partial charge in [-0.15, -0.1) is 5.10 Å². The van der Waals surface area contributed by atoms with Crippen LogP contribution in [0.3, 0.4) is 0 Å². The maximum atomic E-state index is 12.7. The lowest BCUT2D eigenvalue weighted by molar-refractivity contribution is -0.384. The number of tetrazole rings is 1. The van der Waals surface area contributed by atoms with E-state index in [0.29, 0.717) is 20.8 Å². The van der Waals surface area contributed by atoms with Crippen LogP contribution in [-0.4, -0.2) is 31.0 Å². The van der Waals surface area contributed by atoms with Gasteiger partial charge >= 0.3 is 0 Å². The number of benzene rings is 2. The number of aromatic nitrogens is 4. The molecule has 0 aliphatic rings. The van der Waals surface area contributed by atoms with Gasteiger partial charge in [-0.1, -0.05) is 11.6 Å². The minimum absolute atomic E-state index is 0.141. The van der Waals surface area contributed by atoms with Crippen molar-refractivity contribution in [2.75, 3.05) is 5.32 Å². The largest absolute Gasteiger partial charge is 0.322 e. The van der Waals surface area contributed by atoms with Crippen molar-refractivity contribution in [1.29, 1.82) is 0 Å². The number of hydrogen-bond donors (Lipinski definition) is 1.